The highest BCUT2D eigenvalue weighted by atomic mass is 16.5. The van der Waals surface area contributed by atoms with Crippen molar-refractivity contribution in [3.63, 3.8) is 0 Å². The van der Waals surface area contributed by atoms with Gasteiger partial charge in [-0.3, -0.25) is 14.5 Å². The molecule has 0 saturated carbocycles. The number of rotatable bonds is 6. The molecule has 1 N–H and O–H groups in total. The largest absolute Gasteiger partial charge is 0.508 e. The van der Waals surface area contributed by atoms with E-state index in [1.54, 1.807) is 6.07 Å². The molecule has 0 aliphatic carbocycles. The number of nitrogens with zero attached hydrogens (tertiary/aromatic N) is 1. The van der Waals surface area contributed by atoms with E-state index in [4.69, 9.17) is 9.15 Å². The van der Waals surface area contributed by atoms with Gasteiger partial charge in [-0.05, 0) is 36.2 Å². The maximum atomic E-state index is 12.6. The van der Waals surface area contributed by atoms with Gasteiger partial charge in [-0.25, -0.2) is 9.59 Å². The van der Waals surface area contributed by atoms with Crippen LogP contribution in [0.1, 0.15) is 49.1 Å². The molecule has 1 aliphatic heterocycles. The van der Waals surface area contributed by atoms with Crippen molar-refractivity contribution >= 4 is 28.8 Å². The molecule has 0 atom stereocenters. The van der Waals surface area contributed by atoms with E-state index in [9.17, 15) is 24.3 Å². The van der Waals surface area contributed by atoms with Gasteiger partial charge in [-0.15, -0.1) is 6.58 Å². The van der Waals surface area contributed by atoms with Crippen LogP contribution in [0, 0.1) is 0 Å². The molecular formula is C24H19NO7. The molecule has 162 valence electrons. The van der Waals surface area contributed by atoms with Crippen LogP contribution in [0.25, 0.3) is 11.0 Å². The first-order valence-corrected chi connectivity index (χ1v) is 9.91. The van der Waals surface area contributed by atoms with Crippen molar-refractivity contribution in [1.82, 2.24) is 4.90 Å². The van der Waals surface area contributed by atoms with Crippen LogP contribution < -0.4 is 5.63 Å². The second-order valence-electron chi connectivity index (χ2n) is 7.27. The number of aryl methyl sites for hydroxylation is 1. The number of fused-ring (bicyclic) bond motifs is 2. The monoisotopic (exact) mass is 433 g/mol. The van der Waals surface area contributed by atoms with Crippen LogP contribution >= 0.6 is 0 Å². The second kappa shape index (κ2) is 8.14. The molecule has 3 aromatic rings. The lowest BCUT2D eigenvalue weighted by Gasteiger charge is -2.10. The summed E-state index contributed by atoms with van der Waals surface area (Å²) in [4.78, 5) is 50.3. The summed E-state index contributed by atoms with van der Waals surface area (Å²) in [6.45, 7) is 5.26. The summed E-state index contributed by atoms with van der Waals surface area (Å²) in [7, 11) is 0. The topological polar surface area (TPSA) is 114 Å². The number of phenols is 1. The lowest BCUT2D eigenvalue weighted by atomic mass is 10.0. The molecule has 2 amide bonds. The number of benzene rings is 2. The summed E-state index contributed by atoms with van der Waals surface area (Å²) in [5, 5.41) is 10.6. The Kier molecular flexibility index (Phi) is 5.36. The van der Waals surface area contributed by atoms with Crippen LogP contribution in [0.2, 0.25) is 0 Å². The predicted octanol–water partition coefficient (Wildman–Crippen LogP) is 3.20. The van der Waals surface area contributed by atoms with E-state index in [2.05, 4.69) is 6.58 Å². The highest BCUT2D eigenvalue weighted by Gasteiger charge is 2.35. The van der Waals surface area contributed by atoms with E-state index < -0.39 is 23.4 Å². The lowest BCUT2D eigenvalue weighted by Crippen LogP contribution is -2.29. The summed E-state index contributed by atoms with van der Waals surface area (Å²) in [5.74, 6) is -1.65. The Morgan fingerprint density at radius 2 is 1.84 bits per heavy atom. The van der Waals surface area contributed by atoms with Crippen molar-refractivity contribution in [1.29, 1.82) is 0 Å². The van der Waals surface area contributed by atoms with E-state index in [1.165, 1.54) is 36.4 Å². The van der Waals surface area contributed by atoms with Gasteiger partial charge in [-0.2, -0.15) is 0 Å². The molecule has 1 aromatic heterocycles. The predicted molar refractivity (Wildman–Crippen MR) is 115 cm³/mol. The summed E-state index contributed by atoms with van der Waals surface area (Å²) >= 11 is 0. The molecule has 0 radical (unpaired) electrons. The quantitative estimate of drug-likeness (QED) is 0.275. The normalized spacial score (nSPS) is 12.8. The van der Waals surface area contributed by atoms with Crippen molar-refractivity contribution in [2.24, 2.45) is 0 Å². The molecule has 8 heteroatoms. The fraction of sp³-hybridized carbons (Fsp3) is 0.167. The van der Waals surface area contributed by atoms with Gasteiger partial charge in [0.05, 0.1) is 16.7 Å². The van der Waals surface area contributed by atoms with Crippen molar-refractivity contribution in [2.75, 3.05) is 6.54 Å². The van der Waals surface area contributed by atoms with Crippen molar-refractivity contribution in [3.05, 3.63) is 87.3 Å². The van der Waals surface area contributed by atoms with Gasteiger partial charge < -0.3 is 14.3 Å². The Morgan fingerprint density at radius 3 is 2.56 bits per heavy atom. The zero-order valence-electron chi connectivity index (χ0n) is 17.2. The van der Waals surface area contributed by atoms with Crippen molar-refractivity contribution < 1.29 is 28.6 Å². The lowest BCUT2D eigenvalue weighted by molar-refractivity contribution is 0.0473. The third-order valence-corrected chi connectivity index (χ3v) is 5.29. The molecule has 0 bridgehead atoms. The molecule has 4 rings (SSSR count). The maximum Gasteiger partial charge on any atom is 0.338 e. The molecule has 2 aromatic carbocycles. The molecule has 0 unspecified atom stereocenters. The minimum atomic E-state index is -0.717. The third-order valence-electron chi connectivity index (χ3n) is 5.29. The Bertz CT molecular complexity index is 1350. The van der Waals surface area contributed by atoms with E-state index in [0.717, 1.165) is 4.90 Å². The van der Waals surface area contributed by atoms with E-state index in [0.29, 0.717) is 22.9 Å². The van der Waals surface area contributed by atoms with Crippen LogP contribution in [0.4, 0.5) is 0 Å². The highest BCUT2D eigenvalue weighted by Crippen LogP contribution is 2.28. The second-order valence-corrected chi connectivity index (χ2v) is 7.27. The number of carbonyl (C=O) groups is 3. The molecule has 8 nitrogen and oxygen atoms in total. The molecule has 2 heterocycles. The first kappa shape index (κ1) is 21.0. The fourth-order valence-corrected chi connectivity index (χ4v) is 3.65. The maximum absolute atomic E-state index is 12.6. The summed E-state index contributed by atoms with van der Waals surface area (Å²) in [6.07, 6.45) is 2.01. The van der Waals surface area contributed by atoms with Crippen LogP contribution in [0.3, 0.4) is 0 Å². The average Bonchev–Trinajstić information content (AvgIpc) is 3.01. The number of esters is 1. The molecule has 0 spiro atoms. The van der Waals surface area contributed by atoms with E-state index >= 15 is 0 Å². The number of aromatic hydroxyl groups is 1. The standard InChI is InChI=1S/C24H19NO7/c1-3-7-25-22(28)16-6-5-14(9-18(16)23(25)29)24(30)31-12-15-10-21(27)32-20-11-19(26)13(4-2)8-17(15)20/h3,5-6,8-11,26H,1,4,7,12H2,2H3. The molecule has 1 aliphatic rings. The summed E-state index contributed by atoms with van der Waals surface area (Å²) in [6, 6.07) is 8.42. The van der Waals surface area contributed by atoms with Gasteiger partial charge in [0.25, 0.3) is 11.8 Å². The Labute approximate surface area is 182 Å². The van der Waals surface area contributed by atoms with Crippen LogP contribution in [-0.4, -0.2) is 34.3 Å². The smallest absolute Gasteiger partial charge is 0.338 e. The number of imide groups is 1. The summed E-state index contributed by atoms with van der Waals surface area (Å²) < 4.78 is 10.5. The van der Waals surface area contributed by atoms with Gasteiger partial charge in [0, 0.05) is 29.6 Å². The molecule has 0 fully saturated rings. The van der Waals surface area contributed by atoms with Crippen LogP contribution in [0.5, 0.6) is 5.75 Å². The molecule has 0 saturated heterocycles. The Morgan fingerprint density at radius 1 is 1.09 bits per heavy atom. The zero-order chi connectivity index (χ0) is 23.0. The fourth-order valence-electron chi connectivity index (χ4n) is 3.65. The summed E-state index contributed by atoms with van der Waals surface area (Å²) in [5.41, 5.74) is 1.06. The van der Waals surface area contributed by atoms with Gasteiger partial charge in [-0.1, -0.05) is 13.0 Å². The van der Waals surface area contributed by atoms with E-state index in [1.807, 2.05) is 6.92 Å². The SMILES string of the molecule is C=CCN1C(=O)c2ccc(C(=O)OCc3cc(=O)oc4cc(O)c(CC)cc34)cc2C1=O. The zero-order valence-corrected chi connectivity index (χ0v) is 17.2. The average molecular weight is 433 g/mol. The Hall–Kier alpha value is -4.20. The minimum absolute atomic E-state index is 0.0140. The first-order chi connectivity index (χ1) is 15.3. The molecular weight excluding hydrogens is 414 g/mol. The van der Waals surface area contributed by atoms with Crippen LogP contribution in [-0.2, 0) is 17.8 Å². The van der Waals surface area contributed by atoms with Crippen LogP contribution in [0.15, 0.2) is 58.3 Å². The Balaban J connectivity index is 1.60. The van der Waals surface area contributed by atoms with E-state index in [-0.39, 0.29) is 41.2 Å². The first-order valence-electron chi connectivity index (χ1n) is 9.91. The number of ether oxygens (including phenoxy) is 1. The number of hydrogen-bond acceptors (Lipinski definition) is 7. The van der Waals surface area contributed by atoms with Gasteiger partial charge in [0.1, 0.15) is 17.9 Å². The minimum Gasteiger partial charge on any atom is -0.508 e. The van der Waals surface area contributed by atoms with Crippen molar-refractivity contribution in [3.8, 4) is 5.75 Å². The number of phenolic OH excluding ortho intramolecular Hbond substituents is 1. The van der Waals surface area contributed by atoms with Crippen molar-refractivity contribution in [2.45, 2.75) is 20.0 Å². The molecule has 32 heavy (non-hydrogen) atoms. The van der Waals surface area contributed by atoms with Gasteiger partial charge in [0.2, 0.25) is 0 Å². The third kappa shape index (κ3) is 3.56. The van der Waals surface area contributed by atoms with Gasteiger partial charge in [0.15, 0.2) is 0 Å². The van der Waals surface area contributed by atoms with Gasteiger partial charge >= 0.3 is 11.6 Å². The highest BCUT2D eigenvalue weighted by molar-refractivity contribution is 6.22. The number of carbonyl (C=O) groups excluding carboxylic acids is 3. The number of amides is 2. The number of hydrogen-bond donors (Lipinski definition) is 1.